The summed E-state index contributed by atoms with van der Waals surface area (Å²) >= 11 is 0. The van der Waals surface area contributed by atoms with Crippen LogP contribution in [-0.4, -0.2) is 58.4 Å². The fourth-order valence-electron chi connectivity index (χ4n) is 3.16. The number of morpholine rings is 1. The number of hydrogen-bond acceptors (Lipinski definition) is 7. The maximum absolute atomic E-state index is 11.8. The minimum atomic E-state index is -1.09. The van der Waals surface area contributed by atoms with Gasteiger partial charge in [-0.15, -0.1) is 0 Å². The second-order valence-electron chi connectivity index (χ2n) is 7.57. The summed E-state index contributed by atoms with van der Waals surface area (Å²) in [5.41, 5.74) is 0.639. The van der Waals surface area contributed by atoms with E-state index in [1.807, 2.05) is 18.3 Å². The van der Waals surface area contributed by atoms with Crippen molar-refractivity contribution in [2.45, 2.75) is 38.6 Å². The highest BCUT2D eigenvalue weighted by Crippen LogP contribution is 2.32. The lowest BCUT2D eigenvalue weighted by Crippen LogP contribution is -2.40. The quantitative estimate of drug-likeness (QED) is 0.747. The number of pyridine rings is 1. The first-order valence-electron chi connectivity index (χ1n) is 9.47. The lowest BCUT2D eigenvalue weighted by atomic mass is 9.85. The molecular formula is C20H27N5O3. The number of carboxylic acid groups (broad SMARTS) is 1. The van der Waals surface area contributed by atoms with Crippen molar-refractivity contribution in [3.05, 3.63) is 41.9 Å². The molecule has 2 N–H and O–H groups in total. The van der Waals surface area contributed by atoms with Gasteiger partial charge in [0.15, 0.2) is 0 Å². The van der Waals surface area contributed by atoms with Crippen molar-refractivity contribution in [3.63, 3.8) is 0 Å². The number of carbonyl (C=O) groups is 1. The van der Waals surface area contributed by atoms with Crippen LogP contribution in [0.25, 0.3) is 0 Å². The van der Waals surface area contributed by atoms with Crippen molar-refractivity contribution >= 4 is 17.7 Å². The van der Waals surface area contributed by atoms with E-state index >= 15 is 0 Å². The topological polar surface area (TPSA) is 100 Å². The zero-order chi connectivity index (χ0) is 20.1. The Morgan fingerprint density at radius 3 is 2.75 bits per heavy atom. The van der Waals surface area contributed by atoms with Crippen LogP contribution in [0.5, 0.6) is 0 Å². The second kappa shape index (κ2) is 8.52. The lowest BCUT2D eigenvalue weighted by Gasteiger charge is -2.32. The number of rotatable bonds is 7. The van der Waals surface area contributed by atoms with E-state index in [4.69, 9.17) is 9.72 Å². The van der Waals surface area contributed by atoms with Gasteiger partial charge in [-0.1, -0.05) is 6.07 Å². The number of hydrogen-bond donors (Lipinski definition) is 2. The number of nitrogens with zero attached hydrogens (tertiary/aromatic N) is 4. The Hall–Kier alpha value is -2.74. The summed E-state index contributed by atoms with van der Waals surface area (Å²) in [6.07, 6.45) is 6.01. The smallest absolute Gasteiger partial charge is 0.313 e. The van der Waals surface area contributed by atoms with Gasteiger partial charge in [0.2, 0.25) is 5.95 Å². The van der Waals surface area contributed by atoms with Crippen LogP contribution in [0.2, 0.25) is 0 Å². The highest BCUT2D eigenvalue weighted by Gasteiger charge is 2.35. The molecule has 3 rings (SSSR count). The van der Waals surface area contributed by atoms with Gasteiger partial charge in [-0.2, -0.15) is 4.98 Å². The summed E-state index contributed by atoms with van der Waals surface area (Å²) in [5, 5.41) is 13.0. The SMILES string of the molecule is C[C@H](Cc1cccnc1)Nc1ncc(C(C)(C)C(=O)O)c(N2CCOCC2)n1. The maximum Gasteiger partial charge on any atom is 0.313 e. The molecule has 1 fully saturated rings. The normalized spacial score (nSPS) is 15.9. The molecule has 8 heteroatoms. The number of nitrogens with one attached hydrogen (secondary N) is 1. The molecule has 0 bridgehead atoms. The summed E-state index contributed by atoms with van der Waals surface area (Å²) < 4.78 is 5.43. The third-order valence-electron chi connectivity index (χ3n) is 4.93. The van der Waals surface area contributed by atoms with Gasteiger partial charge in [-0.3, -0.25) is 9.78 Å². The summed E-state index contributed by atoms with van der Waals surface area (Å²) in [5.74, 6) is 0.237. The number of aliphatic carboxylic acids is 1. The van der Waals surface area contributed by atoms with Crippen LogP contribution in [0.15, 0.2) is 30.7 Å². The monoisotopic (exact) mass is 385 g/mol. The molecule has 1 aliphatic heterocycles. The molecule has 0 unspecified atom stereocenters. The largest absolute Gasteiger partial charge is 0.481 e. The molecule has 1 saturated heterocycles. The highest BCUT2D eigenvalue weighted by molar-refractivity contribution is 5.82. The first-order chi connectivity index (χ1) is 13.4. The van der Waals surface area contributed by atoms with Crippen LogP contribution in [0.3, 0.4) is 0 Å². The average Bonchev–Trinajstić information content (AvgIpc) is 2.69. The van der Waals surface area contributed by atoms with E-state index in [1.165, 1.54) is 0 Å². The van der Waals surface area contributed by atoms with Gasteiger partial charge in [0.25, 0.3) is 0 Å². The molecule has 28 heavy (non-hydrogen) atoms. The van der Waals surface area contributed by atoms with Gasteiger partial charge in [0.1, 0.15) is 5.82 Å². The molecular weight excluding hydrogens is 358 g/mol. The molecule has 1 atom stereocenters. The standard InChI is InChI=1S/C20H27N5O3/c1-14(11-15-5-4-6-21-12-15)23-19-22-13-16(20(2,3)18(26)27)17(24-19)25-7-9-28-10-8-25/h4-6,12-14H,7-11H2,1-3H3,(H,26,27)(H,22,23,24)/t14-/m1/s1. The Morgan fingerprint density at radius 1 is 1.36 bits per heavy atom. The third kappa shape index (κ3) is 4.56. The van der Waals surface area contributed by atoms with E-state index in [0.717, 1.165) is 12.0 Å². The Balaban J connectivity index is 1.85. The van der Waals surface area contributed by atoms with E-state index in [-0.39, 0.29) is 6.04 Å². The molecule has 0 aliphatic carbocycles. The van der Waals surface area contributed by atoms with Crippen molar-refractivity contribution < 1.29 is 14.6 Å². The third-order valence-corrected chi connectivity index (χ3v) is 4.93. The molecule has 0 aromatic carbocycles. The number of ether oxygens (including phenoxy) is 1. The summed E-state index contributed by atoms with van der Waals surface area (Å²) in [7, 11) is 0. The van der Waals surface area contributed by atoms with Gasteiger partial charge in [0.05, 0.1) is 18.6 Å². The van der Waals surface area contributed by atoms with E-state index in [2.05, 4.69) is 27.1 Å². The molecule has 8 nitrogen and oxygen atoms in total. The zero-order valence-corrected chi connectivity index (χ0v) is 16.6. The van der Waals surface area contributed by atoms with Gasteiger partial charge in [-0.05, 0) is 38.8 Å². The first-order valence-corrected chi connectivity index (χ1v) is 9.47. The molecule has 2 aromatic heterocycles. The molecule has 0 amide bonds. The lowest BCUT2D eigenvalue weighted by molar-refractivity contribution is -0.142. The minimum Gasteiger partial charge on any atom is -0.481 e. The summed E-state index contributed by atoms with van der Waals surface area (Å²) in [6, 6.07) is 4.04. The average molecular weight is 385 g/mol. The zero-order valence-electron chi connectivity index (χ0n) is 16.6. The van der Waals surface area contributed by atoms with Gasteiger partial charge in [0, 0.05) is 43.3 Å². The van der Waals surface area contributed by atoms with E-state index in [9.17, 15) is 9.90 Å². The maximum atomic E-state index is 11.8. The fourth-order valence-corrected chi connectivity index (χ4v) is 3.16. The van der Waals surface area contributed by atoms with Crippen LogP contribution in [0.4, 0.5) is 11.8 Å². The van der Waals surface area contributed by atoms with Crippen molar-refractivity contribution in [1.29, 1.82) is 0 Å². The predicted octanol–water partition coefficient (Wildman–Crippen LogP) is 2.11. The van der Waals surface area contributed by atoms with Gasteiger partial charge in [-0.25, -0.2) is 4.98 Å². The van der Waals surface area contributed by atoms with Gasteiger partial charge < -0.3 is 20.1 Å². The van der Waals surface area contributed by atoms with Crippen molar-refractivity contribution in [2.75, 3.05) is 36.5 Å². The number of anilines is 2. The summed E-state index contributed by atoms with van der Waals surface area (Å²) in [4.78, 5) is 27.1. The molecule has 0 saturated carbocycles. The molecule has 2 aromatic rings. The Labute approximate surface area is 165 Å². The fraction of sp³-hybridized carbons (Fsp3) is 0.500. The molecule has 0 radical (unpaired) electrons. The minimum absolute atomic E-state index is 0.0973. The number of carboxylic acids is 1. The van der Waals surface area contributed by atoms with Crippen molar-refractivity contribution in [1.82, 2.24) is 15.0 Å². The predicted molar refractivity (Wildman–Crippen MR) is 107 cm³/mol. The van der Waals surface area contributed by atoms with Crippen LogP contribution in [0.1, 0.15) is 31.9 Å². The van der Waals surface area contributed by atoms with E-state index in [0.29, 0.717) is 43.6 Å². The van der Waals surface area contributed by atoms with Crippen LogP contribution in [-0.2, 0) is 21.4 Å². The number of aromatic nitrogens is 3. The molecule has 3 heterocycles. The van der Waals surface area contributed by atoms with Crippen LogP contribution < -0.4 is 10.2 Å². The molecule has 0 spiro atoms. The molecule has 1 aliphatic rings. The van der Waals surface area contributed by atoms with Gasteiger partial charge >= 0.3 is 5.97 Å². The Kier molecular flexibility index (Phi) is 6.08. The Morgan fingerprint density at radius 2 is 2.11 bits per heavy atom. The van der Waals surface area contributed by atoms with E-state index in [1.54, 1.807) is 26.2 Å². The van der Waals surface area contributed by atoms with Crippen LogP contribution in [0, 0.1) is 0 Å². The Bertz CT molecular complexity index is 807. The molecule has 150 valence electrons. The van der Waals surface area contributed by atoms with Crippen LogP contribution >= 0.6 is 0 Å². The van der Waals surface area contributed by atoms with E-state index < -0.39 is 11.4 Å². The second-order valence-corrected chi connectivity index (χ2v) is 7.57. The first kappa shape index (κ1) is 20.0. The van der Waals surface area contributed by atoms with Crippen molar-refractivity contribution in [3.8, 4) is 0 Å². The summed E-state index contributed by atoms with van der Waals surface area (Å²) in [6.45, 7) is 7.94. The van der Waals surface area contributed by atoms with Crippen molar-refractivity contribution in [2.24, 2.45) is 0 Å². The highest BCUT2D eigenvalue weighted by atomic mass is 16.5.